The molecule has 2 unspecified atom stereocenters. The fourth-order valence-electron chi connectivity index (χ4n) is 9.17. The van der Waals surface area contributed by atoms with E-state index in [4.69, 9.17) is 0 Å². The molecule has 3 N–H and O–H groups in total. The highest BCUT2D eigenvalue weighted by Crippen LogP contribution is 2.36. The van der Waals surface area contributed by atoms with E-state index >= 15 is 0 Å². The van der Waals surface area contributed by atoms with E-state index in [2.05, 4.69) is 32.9 Å². The molecule has 0 heterocycles. The van der Waals surface area contributed by atoms with Crippen molar-refractivity contribution in [2.24, 2.45) is 0 Å². The highest BCUT2D eigenvalue weighted by molar-refractivity contribution is 5.88. The molecule has 0 aliphatic heterocycles. The lowest BCUT2D eigenvalue weighted by molar-refractivity contribution is -0.190. The molecule has 0 aromatic rings. The van der Waals surface area contributed by atoms with Crippen LogP contribution in [0.5, 0.6) is 0 Å². The molecule has 0 saturated heterocycles. The Morgan fingerprint density at radius 2 is 0.593 bits per heavy atom. The minimum Gasteiger partial charge on any atom is -0.393 e. The summed E-state index contributed by atoms with van der Waals surface area (Å²) < 4.78 is 0. The van der Waals surface area contributed by atoms with Crippen LogP contribution in [0.15, 0.2) is 12.2 Å². The minimum atomic E-state index is -2.07. The predicted molar refractivity (Wildman–Crippen MR) is 261 cm³/mol. The smallest absolute Gasteiger partial charge is 0.174 e. The number of allylic oxidation sites excluding steroid dienone is 2. The highest BCUT2D eigenvalue weighted by Gasteiger charge is 2.52. The maximum Gasteiger partial charge on any atom is 0.174 e. The third-order valence-electron chi connectivity index (χ3n) is 13.5. The number of hydrogen-bond donors (Lipinski definition) is 3. The summed E-state index contributed by atoms with van der Waals surface area (Å²) in [5, 5.41) is 34.4. The van der Waals surface area contributed by atoms with Gasteiger partial charge >= 0.3 is 0 Å². The first-order valence-electron chi connectivity index (χ1n) is 27.2. The molecule has 4 nitrogen and oxygen atoms in total. The number of Topliss-reactive ketones (excluding diaryl/α,β-unsaturated/α-hetero) is 1. The summed E-state index contributed by atoms with van der Waals surface area (Å²) in [6.07, 6.45) is 59.5. The Morgan fingerprint density at radius 3 is 0.864 bits per heavy atom. The van der Waals surface area contributed by atoms with E-state index < -0.39 is 17.8 Å². The van der Waals surface area contributed by atoms with Crippen LogP contribution in [0.1, 0.15) is 316 Å². The van der Waals surface area contributed by atoms with Gasteiger partial charge in [0.15, 0.2) is 11.4 Å². The van der Waals surface area contributed by atoms with E-state index in [1.165, 1.54) is 205 Å². The highest BCUT2D eigenvalue weighted by atomic mass is 16.4. The average molecular weight is 833 g/mol. The van der Waals surface area contributed by atoms with Gasteiger partial charge in [-0.1, -0.05) is 277 Å². The van der Waals surface area contributed by atoms with Gasteiger partial charge in [0.2, 0.25) is 0 Å². The second-order valence-corrected chi connectivity index (χ2v) is 19.2. The SMILES string of the molecule is CCCCCCCC/C=C\CCCCCCCC(=O)C(O)(CO)C(O)(CCCCCCCCCCCCCCCC)CCCCCCCCCCCCCCCCCC. The lowest BCUT2D eigenvalue weighted by atomic mass is 9.72. The lowest BCUT2D eigenvalue weighted by Crippen LogP contribution is -2.61. The van der Waals surface area contributed by atoms with Crippen molar-refractivity contribution < 1.29 is 20.1 Å². The summed E-state index contributed by atoms with van der Waals surface area (Å²) >= 11 is 0. The van der Waals surface area contributed by atoms with Gasteiger partial charge in [0.1, 0.15) is 5.60 Å². The molecule has 2 atom stereocenters. The second-order valence-electron chi connectivity index (χ2n) is 19.2. The molecule has 0 aliphatic rings. The van der Waals surface area contributed by atoms with Gasteiger partial charge in [-0.15, -0.1) is 0 Å². The number of carbonyl (C=O) groups is 1. The molecule has 0 spiro atoms. The molecule has 0 radical (unpaired) electrons. The van der Waals surface area contributed by atoms with Crippen molar-refractivity contribution in [3.8, 4) is 0 Å². The molecule has 0 saturated carbocycles. The molecule has 0 rings (SSSR count). The Labute approximate surface area is 370 Å². The zero-order chi connectivity index (χ0) is 43.2. The van der Waals surface area contributed by atoms with Gasteiger partial charge in [-0.25, -0.2) is 0 Å². The molecule has 352 valence electrons. The first-order valence-corrected chi connectivity index (χ1v) is 27.2. The lowest BCUT2D eigenvalue weighted by Gasteiger charge is -2.42. The van der Waals surface area contributed by atoms with E-state index in [1.54, 1.807) is 0 Å². The van der Waals surface area contributed by atoms with Crippen LogP contribution in [0, 0.1) is 0 Å². The van der Waals surface area contributed by atoms with Gasteiger partial charge in [0, 0.05) is 6.42 Å². The van der Waals surface area contributed by atoms with Crippen molar-refractivity contribution in [1.82, 2.24) is 0 Å². The first-order chi connectivity index (χ1) is 28.9. The van der Waals surface area contributed by atoms with Crippen molar-refractivity contribution in [3.05, 3.63) is 12.2 Å². The fourth-order valence-corrected chi connectivity index (χ4v) is 9.17. The van der Waals surface area contributed by atoms with Crippen LogP contribution in [0.4, 0.5) is 0 Å². The van der Waals surface area contributed by atoms with E-state index in [0.717, 1.165) is 64.2 Å². The number of carbonyl (C=O) groups excluding carboxylic acids is 1. The molecule has 0 aromatic carbocycles. The van der Waals surface area contributed by atoms with Crippen molar-refractivity contribution in [3.63, 3.8) is 0 Å². The minimum absolute atomic E-state index is 0.231. The van der Waals surface area contributed by atoms with Crippen LogP contribution in [0.25, 0.3) is 0 Å². The largest absolute Gasteiger partial charge is 0.393 e. The Hall–Kier alpha value is -0.710. The Bertz CT molecular complexity index is 871. The maximum absolute atomic E-state index is 13.6. The third kappa shape index (κ3) is 35.4. The van der Waals surface area contributed by atoms with Gasteiger partial charge in [-0.05, 0) is 44.9 Å². The summed E-state index contributed by atoms with van der Waals surface area (Å²) in [5.41, 5.74) is -3.63. The number of unbranched alkanes of at least 4 members (excludes halogenated alkanes) is 39. The van der Waals surface area contributed by atoms with Crippen molar-refractivity contribution in [1.29, 1.82) is 0 Å². The van der Waals surface area contributed by atoms with E-state index in [9.17, 15) is 20.1 Å². The second kappa shape index (κ2) is 45.3. The van der Waals surface area contributed by atoms with E-state index in [1.807, 2.05) is 0 Å². The molecule has 0 aliphatic carbocycles. The number of aliphatic hydroxyl groups is 3. The normalized spacial score (nSPS) is 14.0. The molecule has 4 heteroatoms. The zero-order valence-electron chi connectivity index (χ0n) is 40.6. The van der Waals surface area contributed by atoms with Crippen LogP contribution in [-0.2, 0) is 4.79 Å². The predicted octanol–water partition coefficient (Wildman–Crippen LogP) is 17.6. The van der Waals surface area contributed by atoms with E-state index in [-0.39, 0.29) is 12.2 Å². The first kappa shape index (κ1) is 58.3. The summed E-state index contributed by atoms with van der Waals surface area (Å²) in [6.45, 7) is 6.14. The van der Waals surface area contributed by atoms with Crippen molar-refractivity contribution in [2.75, 3.05) is 6.61 Å². The van der Waals surface area contributed by atoms with Crippen molar-refractivity contribution in [2.45, 2.75) is 327 Å². The van der Waals surface area contributed by atoms with Gasteiger partial charge in [-0.2, -0.15) is 0 Å². The molecule has 59 heavy (non-hydrogen) atoms. The van der Waals surface area contributed by atoms with Gasteiger partial charge in [0.05, 0.1) is 6.61 Å². The Kier molecular flexibility index (Phi) is 44.8. The standard InChI is InChI=1S/C55H108O4/c1-4-7-10-13-16-19-22-25-28-30-33-36-39-42-45-48-51-54(58,50-47-44-41-38-35-32-27-24-21-18-15-12-9-6-3)55(59,52-56)53(57)49-46-43-40-37-34-31-29-26-23-20-17-14-11-8-5-2/h26,29,56,58-59H,4-25,27-28,30-52H2,1-3H3/b29-26-. The van der Waals surface area contributed by atoms with Crippen LogP contribution in [0.2, 0.25) is 0 Å². The van der Waals surface area contributed by atoms with Crippen molar-refractivity contribution >= 4 is 5.78 Å². The average Bonchev–Trinajstić information content (AvgIpc) is 3.24. The molecule has 0 aromatic heterocycles. The van der Waals surface area contributed by atoms with Crippen LogP contribution >= 0.6 is 0 Å². The van der Waals surface area contributed by atoms with Gasteiger partial charge in [0.25, 0.3) is 0 Å². The van der Waals surface area contributed by atoms with Gasteiger partial charge < -0.3 is 15.3 Å². The summed E-state index contributed by atoms with van der Waals surface area (Å²) in [4.78, 5) is 13.6. The fraction of sp³-hybridized carbons (Fsp3) is 0.945. The molecular formula is C55H108O4. The Morgan fingerprint density at radius 1 is 0.356 bits per heavy atom. The summed E-state index contributed by atoms with van der Waals surface area (Å²) in [7, 11) is 0. The third-order valence-corrected chi connectivity index (χ3v) is 13.5. The summed E-state index contributed by atoms with van der Waals surface area (Å²) in [6, 6.07) is 0. The topological polar surface area (TPSA) is 77.8 Å². The molecular weight excluding hydrogens is 725 g/mol. The summed E-state index contributed by atoms with van der Waals surface area (Å²) in [5.74, 6) is -0.359. The van der Waals surface area contributed by atoms with Crippen LogP contribution in [0.3, 0.4) is 0 Å². The number of rotatable bonds is 50. The Balaban J connectivity index is 4.63. The number of hydrogen-bond acceptors (Lipinski definition) is 4. The number of aliphatic hydroxyl groups excluding tert-OH is 1. The monoisotopic (exact) mass is 833 g/mol. The molecule has 0 fully saturated rings. The van der Waals surface area contributed by atoms with Crippen LogP contribution < -0.4 is 0 Å². The molecule has 0 bridgehead atoms. The van der Waals surface area contributed by atoms with E-state index in [0.29, 0.717) is 19.3 Å². The zero-order valence-corrected chi connectivity index (χ0v) is 40.6. The quantitative estimate of drug-likeness (QED) is 0.0421. The molecule has 0 amide bonds. The number of ketones is 1. The van der Waals surface area contributed by atoms with Crippen LogP contribution in [-0.4, -0.2) is 38.9 Å². The van der Waals surface area contributed by atoms with Gasteiger partial charge in [-0.3, -0.25) is 4.79 Å². The maximum atomic E-state index is 13.6.